The first kappa shape index (κ1) is 29.6. The summed E-state index contributed by atoms with van der Waals surface area (Å²) in [4.78, 5) is 9.51. The van der Waals surface area contributed by atoms with Crippen LogP contribution in [0.25, 0.3) is 0 Å². The number of nitrogens with one attached hydrogen (secondary N) is 1. The summed E-state index contributed by atoms with van der Waals surface area (Å²) in [5.41, 5.74) is 9.01. The number of likely N-dealkylation sites (N-methyl/N-ethyl adjacent to an activating group) is 1. The number of anilines is 1. The minimum atomic E-state index is -0.670. The highest BCUT2D eigenvalue weighted by Gasteiger charge is 2.48. The van der Waals surface area contributed by atoms with Crippen LogP contribution >= 0.6 is 11.6 Å². The molecule has 2 atom stereocenters. The molecule has 0 fully saturated rings. The van der Waals surface area contributed by atoms with Gasteiger partial charge >= 0.3 is 0 Å². The Kier molecular flexibility index (Phi) is 10.7. The predicted molar refractivity (Wildman–Crippen MR) is 154 cm³/mol. The first-order valence-corrected chi connectivity index (χ1v) is 12.7. The van der Waals surface area contributed by atoms with E-state index in [1.165, 1.54) is 0 Å². The second-order valence-electron chi connectivity index (χ2n) is 9.02. The molecule has 2 aliphatic heterocycles. The van der Waals surface area contributed by atoms with Crippen molar-refractivity contribution in [2.45, 2.75) is 39.5 Å². The molecule has 36 heavy (non-hydrogen) atoms. The number of amidine groups is 1. The molecular formula is C27H42ClN7O. The summed E-state index contributed by atoms with van der Waals surface area (Å²) in [6, 6.07) is 13.8. The van der Waals surface area contributed by atoms with E-state index in [2.05, 4.69) is 23.2 Å². The molecule has 9 heteroatoms. The maximum atomic E-state index is 6.15. The van der Waals surface area contributed by atoms with Crippen molar-refractivity contribution in [2.75, 3.05) is 53.3 Å². The molecule has 0 radical (unpaired) electrons. The summed E-state index contributed by atoms with van der Waals surface area (Å²) in [5.74, 6) is 1.68. The van der Waals surface area contributed by atoms with E-state index < -0.39 is 5.66 Å². The van der Waals surface area contributed by atoms with Crippen molar-refractivity contribution in [1.29, 1.82) is 0 Å². The van der Waals surface area contributed by atoms with Gasteiger partial charge in [0.15, 0.2) is 6.17 Å². The predicted octanol–water partition coefficient (Wildman–Crippen LogP) is 4.08. The lowest BCUT2D eigenvalue weighted by atomic mass is 9.99. The molecule has 0 spiro atoms. The molecule has 198 valence electrons. The molecule has 2 unspecified atom stereocenters. The average Bonchev–Trinajstić information content (AvgIpc) is 3.10. The molecule has 0 aliphatic carbocycles. The van der Waals surface area contributed by atoms with Gasteiger partial charge in [0.1, 0.15) is 17.2 Å². The van der Waals surface area contributed by atoms with E-state index in [1.54, 1.807) is 7.11 Å². The summed E-state index contributed by atoms with van der Waals surface area (Å²) in [7, 11) is 9.64. The number of hydrogen-bond acceptors (Lipinski definition) is 8. The highest BCUT2D eigenvalue weighted by molar-refractivity contribution is 6.30. The number of aliphatic imine (C=N–C) groups is 1. The fourth-order valence-corrected chi connectivity index (χ4v) is 4.40. The number of fused-ring (bicyclic) bond motifs is 3. The Morgan fingerprint density at radius 1 is 1.14 bits per heavy atom. The SMILES string of the molecule is CC.CN(C)C.COc1ccc2c(c1)C(c1ccc(Cl)cc1)=NC(C)(NCCN)C1N(C)N=C(C)N21. The number of hydrogen-bond donors (Lipinski definition) is 2. The molecule has 0 aromatic heterocycles. The second-order valence-corrected chi connectivity index (χ2v) is 9.46. The van der Waals surface area contributed by atoms with E-state index in [4.69, 9.17) is 32.2 Å². The standard InChI is InChI=1S/C22H27ClN6O.C3H9N.C2H6/c1-14-27-28(3)21-22(2,25-12-11-24)26-20(15-5-7-16(23)8-6-15)18-13-17(30-4)9-10-19(18)29(14)21;1-4(2)3;1-2/h5-10,13,21,25H,11-12,24H2,1-4H3;1-3H3;1-2H3. The number of methoxy groups -OCH3 is 1. The van der Waals surface area contributed by atoms with E-state index in [1.807, 2.05) is 95.3 Å². The van der Waals surface area contributed by atoms with Gasteiger partial charge in [0, 0.05) is 36.3 Å². The highest BCUT2D eigenvalue weighted by atomic mass is 35.5. The Balaban J connectivity index is 0.000000694. The molecule has 2 aromatic rings. The zero-order chi connectivity index (χ0) is 27.0. The topological polar surface area (TPSA) is 81.7 Å². The number of nitrogens with zero attached hydrogens (tertiary/aromatic N) is 5. The molecule has 0 bridgehead atoms. The normalized spacial score (nSPS) is 20.2. The molecule has 2 heterocycles. The highest BCUT2D eigenvalue weighted by Crippen LogP contribution is 2.39. The molecule has 3 N–H and O–H groups in total. The monoisotopic (exact) mass is 515 g/mol. The Labute approximate surface area is 221 Å². The van der Waals surface area contributed by atoms with Crippen LogP contribution in [0.15, 0.2) is 52.6 Å². The van der Waals surface area contributed by atoms with Gasteiger partial charge < -0.3 is 20.3 Å². The second kappa shape index (κ2) is 13.1. The Bertz CT molecular complexity index is 1050. The van der Waals surface area contributed by atoms with Crippen LogP contribution in [-0.4, -0.2) is 81.7 Å². The van der Waals surface area contributed by atoms with E-state index in [0.29, 0.717) is 18.1 Å². The van der Waals surface area contributed by atoms with Gasteiger partial charge in [-0.05, 0) is 65.3 Å². The van der Waals surface area contributed by atoms with E-state index >= 15 is 0 Å². The number of halogens is 1. The van der Waals surface area contributed by atoms with Gasteiger partial charge in [0.25, 0.3) is 0 Å². The van der Waals surface area contributed by atoms with Crippen LogP contribution in [0.3, 0.4) is 0 Å². The largest absolute Gasteiger partial charge is 0.497 e. The Morgan fingerprint density at radius 3 is 2.31 bits per heavy atom. The molecular weight excluding hydrogens is 474 g/mol. The van der Waals surface area contributed by atoms with Crippen molar-refractivity contribution < 1.29 is 4.74 Å². The van der Waals surface area contributed by atoms with E-state index in [9.17, 15) is 0 Å². The molecule has 8 nitrogen and oxygen atoms in total. The number of benzene rings is 2. The summed E-state index contributed by atoms with van der Waals surface area (Å²) in [5, 5.41) is 10.9. The van der Waals surface area contributed by atoms with Gasteiger partial charge in [0.2, 0.25) is 0 Å². The molecule has 0 saturated heterocycles. The van der Waals surface area contributed by atoms with Gasteiger partial charge in [-0.25, -0.2) is 0 Å². The van der Waals surface area contributed by atoms with Crippen LogP contribution in [0.1, 0.15) is 38.8 Å². The lowest BCUT2D eigenvalue weighted by Crippen LogP contribution is -2.62. The van der Waals surface area contributed by atoms with Crippen LogP contribution in [0, 0.1) is 0 Å². The van der Waals surface area contributed by atoms with E-state index in [0.717, 1.165) is 34.1 Å². The lowest BCUT2D eigenvalue weighted by Gasteiger charge is -2.40. The maximum Gasteiger partial charge on any atom is 0.161 e. The minimum Gasteiger partial charge on any atom is -0.497 e. The zero-order valence-electron chi connectivity index (χ0n) is 23.1. The third-order valence-corrected chi connectivity index (χ3v) is 5.81. The van der Waals surface area contributed by atoms with Crippen molar-refractivity contribution in [3.63, 3.8) is 0 Å². The van der Waals surface area contributed by atoms with Crippen molar-refractivity contribution >= 4 is 28.8 Å². The zero-order valence-corrected chi connectivity index (χ0v) is 23.9. The van der Waals surface area contributed by atoms with Crippen LogP contribution in [0.2, 0.25) is 5.02 Å². The summed E-state index contributed by atoms with van der Waals surface area (Å²) in [6.07, 6.45) is -0.152. The van der Waals surface area contributed by atoms with E-state index in [-0.39, 0.29) is 6.17 Å². The third-order valence-electron chi connectivity index (χ3n) is 5.56. The number of nitrogens with two attached hydrogens (primary N) is 1. The van der Waals surface area contributed by atoms with Crippen LogP contribution < -0.4 is 20.7 Å². The molecule has 0 saturated carbocycles. The quantitative estimate of drug-likeness (QED) is 0.624. The fourth-order valence-electron chi connectivity index (χ4n) is 4.27. The smallest absolute Gasteiger partial charge is 0.161 e. The average molecular weight is 516 g/mol. The van der Waals surface area contributed by atoms with Gasteiger partial charge in [-0.15, -0.1) is 0 Å². The summed E-state index contributed by atoms with van der Waals surface area (Å²) in [6.45, 7) is 9.24. The Morgan fingerprint density at radius 2 is 1.75 bits per heavy atom. The van der Waals surface area contributed by atoms with Crippen molar-refractivity contribution in [2.24, 2.45) is 15.8 Å². The van der Waals surface area contributed by atoms with Gasteiger partial charge in [-0.2, -0.15) is 5.10 Å². The van der Waals surface area contributed by atoms with Crippen molar-refractivity contribution in [1.82, 2.24) is 15.2 Å². The fraction of sp³-hybridized carbons (Fsp3) is 0.481. The number of ether oxygens (including phenoxy) is 1. The van der Waals surface area contributed by atoms with Gasteiger partial charge in [-0.1, -0.05) is 37.6 Å². The van der Waals surface area contributed by atoms with Crippen molar-refractivity contribution in [3.8, 4) is 5.75 Å². The van der Waals surface area contributed by atoms with Gasteiger partial charge in [0.05, 0.1) is 18.5 Å². The molecule has 0 amide bonds. The van der Waals surface area contributed by atoms with Crippen LogP contribution in [0.4, 0.5) is 5.69 Å². The summed E-state index contributed by atoms with van der Waals surface area (Å²) >= 11 is 6.15. The maximum absolute atomic E-state index is 6.15. The van der Waals surface area contributed by atoms with Crippen molar-refractivity contribution in [3.05, 3.63) is 58.6 Å². The lowest BCUT2D eigenvalue weighted by molar-refractivity contribution is 0.163. The van der Waals surface area contributed by atoms with Crippen LogP contribution in [0.5, 0.6) is 5.75 Å². The minimum absolute atomic E-state index is 0.152. The molecule has 2 aromatic carbocycles. The number of hydrazone groups is 1. The van der Waals surface area contributed by atoms with Crippen LogP contribution in [-0.2, 0) is 0 Å². The first-order valence-electron chi connectivity index (χ1n) is 12.3. The molecule has 4 rings (SSSR count). The number of rotatable bonds is 5. The third kappa shape index (κ3) is 6.56. The molecule has 2 aliphatic rings. The van der Waals surface area contributed by atoms with Gasteiger partial charge in [-0.3, -0.25) is 15.3 Å². The Hall–Kier alpha value is -2.65. The first-order chi connectivity index (χ1) is 17.1. The summed E-state index contributed by atoms with van der Waals surface area (Å²) < 4.78 is 5.53.